The maximum Gasteiger partial charge on any atom is 0.312 e. The maximum absolute atomic E-state index is 11.5. The number of rotatable bonds is 7. The lowest BCUT2D eigenvalue weighted by Gasteiger charge is -2.08. The van der Waals surface area contributed by atoms with Gasteiger partial charge in [-0.1, -0.05) is 13.0 Å². The molecule has 2 aromatic rings. The number of nitrogens with one attached hydrogen (secondary N) is 1. The van der Waals surface area contributed by atoms with E-state index in [9.17, 15) is 18.5 Å². The van der Waals surface area contributed by atoms with Gasteiger partial charge in [-0.15, -0.1) is 11.3 Å². The van der Waals surface area contributed by atoms with Gasteiger partial charge in [0.1, 0.15) is 5.69 Å². The van der Waals surface area contributed by atoms with Crippen LogP contribution in [0.15, 0.2) is 29.3 Å². The quantitative estimate of drug-likeness (QED) is 0.576. The first-order chi connectivity index (χ1) is 10.8. The lowest BCUT2D eigenvalue weighted by Crippen LogP contribution is -2.16. The Morgan fingerprint density at radius 1 is 1.43 bits per heavy atom. The number of nitro benzene ring substituents is 1. The first-order valence-corrected chi connectivity index (χ1v) is 9.17. The van der Waals surface area contributed by atoms with Crippen molar-refractivity contribution < 1.29 is 13.3 Å². The van der Waals surface area contributed by atoms with Crippen LogP contribution in [0.2, 0.25) is 0 Å². The number of benzene rings is 1. The molecule has 0 fully saturated rings. The van der Waals surface area contributed by atoms with Gasteiger partial charge < -0.3 is 5.32 Å². The van der Waals surface area contributed by atoms with Gasteiger partial charge in [-0.2, -0.15) is 0 Å². The molecular weight excluding hydrogens is 340 g/mol. The predicted octanol–water partition coefficient (Wildman–Crippen LogP) is 1.92. The fourth-order valence-corrected chi connectivity index (χ4v) is 3.60. The molecule has 0 amide bonds. The molecule has 0 unspecified atom stereocenters. The molecule has 0 aliphatic rings. The van der Waals surface area contributed by atoms with Crippen LogP contribution in [0.5, 0.6) is 0 Å². The predicted molar refractivity (Wildman–Crippen MR) is 88.2 cm³/mol. The van der Waals surface area contributed by atoms with Gasteiger partial charge in [0, 0.05) is 24.0 Å². The van der Waals surface area contributed by atoms with Crippen molar-refractivity contribution in [1.82, 2.24) is 4.98 Å². The monoisotopic (exact) mass is 356 g/mol. The summed E-state index contributed by atoms with van der Waals surface area (Å²) in [6, 6.07) is 3.98. The molecule has 1 aromatic carbocycles. The molecule has 23 heavy (non-hydrogen) atoms. The molecule has 0 aliphatic heterocycles. The molecule has 0 saturated carbocycles. The summed E-state index contributed by atoms with van der Waals surface area (Å²) in [4.78, 5) is 15.4. The highest BCUT2D eigenvalue weighted by Gasteiger charge is 2.26. The van der Waals surface area contributed by atoms with Crippen molar-refractivity contribution in [3.63, 3.8) is 0 Å². The van der Waals surface area contributed by atoms with Crippen molar-refractivity contribution in [1.29, 1.82) is 0 Å². The summed E-state index contributed by atoms with van der Waals surface area (Å²) in [5.74, 6) is 0. The van der Waals surface area contributed by atoms with Crippen LogP contribution in [0, 0.1) is 10.1 Å². The molecule has 3 N–H and O–H groups in total. The molecule has 0 radical (unpaired) electrons. The van der Waals surface area contributed by atoms with Gasteiger partial charge in [0.15, 0.2) is 4.90 Å². The largest absolute Gasteiger partial charge is 0.379 e. The lowest BCUT2D eigenvalue weighted by atomic mass is 10.2. The van der Waals surface area contributed by atoms with Gasteiger partial charge in [0.2, 0.25) is 10.0 Å². The van der Waals surface area contributed by atoms with E-state index in [1.807, 2.05) is 13.1 Å². The maximum atomic E-state index is 11.5. The number of hydrogen-bond acceptors (Lipinski definition) is 7. The van der Waals surface area contributed by atoms with E-state index >= 15 is 0 Å². The zero-order valence-corrected chi connectivity index (χ0v) is 14.0. The number of aryl methyl sites for hydroxylation is 1. The number of anilines is 1. The molecule has 0 aliphatic carbocycles. The number of sulfonamides is 1. The lowest BCUT2D eigenvalue weighted by molar-refractivity contribution is -0.386. The van der Waals surface area contributed by atoms with Crippen molar-refractivity contribution in [2.24, 2.45) is 5.14 Å². The number of para-hydroxylation sites is 1. The minimum atomic E-state index is -4.17. The SMILES string of the molecule is CCc1cnc(CCNc2cccc(S(N)(=O)=O)c2[N+](=O)[O-])s1. The van der Waals surface area contributed by atoms with Gasteiger partial charge >= 0.3 is 5.69 Å². The first-order valence-electron chi connectivity index (χ1n) is 6.80. The van der Waals surface area contributed by atoms with Gasteiger partial charge in [-0.25, -0.2) is 18.5 Å². The average Bonchev–Trinajstić information content (AvgIpc) is 2.94. The number of aromatic nitrogens is 1. The van der Waals surface area contributed by atoms with Crippen molar-refractivity contribution in [3.8, 4) is 0 Å². The Labute approximate surface area is 137 Å². The number of nitrogens with zero attached hydrogens (tertiary/aromatic N) is 2. The van der Waals surface area contributed by atoms with Crippen molar-refractivity contribution >= 4 is 32.7 Å². The van der Waals surface area contributed by atoms with Crippen LogP contribution in [0.3, 0.4) is 0 Å². The van der Waals surface area contributed by atoms with E-state index in [1.165, 1.54) is 17.0 Å². The molecule has 0 bridgehead atoms. The third-order valence-electron chi connectivity index (χ3n) is 3.09. The summed E-state index contributed by atoms with van der Waals surface area (Å²) in [5.41, 5.74) is -0.419. The molecule has 1 aromatic heterocycles. The molecule has 0 saturated heterocycles. The zero-order valence-electron chi connectivity index (χ0n) is 12.4. The third kappa shape index (κ3) is 4.24. The zero-order chi connectivity index (χ0) is 17.0. The fraction of sp³-hybridized carbons (Fsp3) is 0.308. The molecule has 124 valence electrons. The summed E-state index contributed by atoms with van der Waals surface area (Å²) in [7, 11) is -4.17. The average molecular weight is 356 g/mol. The Morgan fingerprint density at radius 3 is 2.74 bits per heavy atom. The topological polar surface area (TPSA) is 128 Å². The molecule has 0 atom stereocenters. The van der Waals surface area contributed by atoms with Crippen LogP contribution in [-0.4, -0.2) is 24.9 Å². The second kappa shape index (κ2) is 7.02. The molecule has 2 rings (SSSR count). The van der Waals surface area contributed by atoms with E-state index < -0.39 is 25.5 Å². The van der Waals surface area contributed by atoms with Gasteiger partial charge in [-0.05, 0) is 18.6 Å². The number of hydrogen-bond donors (Lipinski definition) is 2. The second-order valence-corrected chi connectivity index (χ2v) is 7.43. The fourth-order valence-electron chi connectivity index (χ4n) is 2.01. The second-order valence-electron chi connectivity index (χ2n) is 4.71. The Morgan fingerprint density at radius 2 is 2.17 bits per heavy atom. The number of thiazole rings is 1. The summed E-state index contributed by atoms with van der Waals surface area (Å²) < 4.78 is 23.0. The number of nitro groups is 1. The van der Waals surface area contributed by atoms with E-state index in [2.05, 4.69) is 10.3 Å². The van der Waals surface area contributed by atoms with Gasteiger partial charge in [0.25, 0.3) is 0 Å². The summed E-state index contributed by atoms with van der Waals surface area (Å²) in [6.45, 7) is 2.43. The minimum absolute atomic E-state index is 0.119. The molecule has 1 heterocycles. The Kier molecular flexibility index (Phi) is 5.29. The van der Waals surface area contributed by atoms with Gasteiger partial charge in [-0.3, -0.25) is 10.1 Å². The van der Waals surface area contributed by atoms with Crippen molar-refractivity contribution in [2.75, 3.05) is 11.9 Å². The molecule has 8 nitrogen and oxygen atoms in total. The van der Waals surface area contributed by atoms with Crippen LogP contribution in [0.4, 0.5) is 11.4 Å². The van der Waals surface area contributed by atoms with E-state index in [1.54, 1.807) is 11.3 Å². The summed E-state index contributed by atoms with van der Waals surface area (Å²) in [6.07, 6.45) is 3.30. The Hall–Kier alpha value is -2.04. The van der Waals surface area contributed by atoms with Crippen LogP contribution in [0.1, 0.15) is 16.8 Å². The van der Waals surface area contributed by atoms with E-state index in [4.69, 9.17) is 5.14 Å². The van der Waals surface area contributed by atoms with Gasteiger partial charge in [0.05, 0.1) is 9.93 Å². The molecular formula is C13H16N4O4S2. The van der Waals surface area contributed by atoms with Crippen LogP contribution < -0.4 is 10.5 Å². The van der Waals surface area contributed by atoms with E-state index in [0.29, 0.717) is 13.0 Å². The third-order valence-corrected chi connectivity index (χ3v) is 5.24. The van der Waals surface area contributed by atoms with Crippen LogP contribution in [0.25, 0.3) is 0 Å². The summed E-state index contributed by atoms with van der Waals surface area (Å²) in [5, 5.41) is 20.0. The number of primary sulfonamides is 1. The van der Waals surface area contributed by atoms with E-state index in [0.717, 1.165) is 17.5 Å². The van der Waals surface area contributed by atoms with E-state index in [-0.39, 0.29) is 5.69 Å². The smallest absolute Gasteiger partial charge is 0.312 e. The summed E-state index contributed by atoms with van der Waals surface area (Å²) >= 11 is 1.59. The van der Waals surface area contributed by atoms with Crippen molar-refractivity contribution in [3.05, 3.63) is 44.4 Å². The molecule has 0 spiro atoms. The standard InChI is InChI=1S/C13H16N4O4S2/c1-2-9-8-16-12(22-9)6-7-15-10-4-3-5-11(23(14,20)21)13(10)17(18)19/h3-5,8,15H,2,6-7H2,1H3,(H2,14,20,21). The van der Waals surface area contributed by atoms with Crippen LogP contribution >= 0.6 is 11.3 Å². The van der Waals surface area contributed by atoms with Crippen LogP contribution in [-0.2, 0) is 22.9 Å². The molecule has 10 heteroatoms. The normalized spacial score (nSPS) is 11.4. The highest BCUT2D eigenvalue weighted by atomic mass is 32.2. The Bertz CT molecular complexity index is 817. The highest BCUT2D eigenvalue weighted by molar-refractivity contribution is 7.89. The first kappa shape index (κ1) is 17.3. The highest BCUT2D eigenvalue weighted by Crippen LogP contribution is 2.31. The Balaban J connectivity index is 2.18. The minimum Gasteiger partial charge on any atom is -0.379 e. The van der Waals surface area contributed by atoms with Crippen molar-refractivity contribution in [2.45, 2.75) is 24.7 Å². The number of nitrogens with two attached hydrogens (primary N) is 1.